The summed E-state index contributed by atoms with van der Waals surface area (Å²) in [6.07, 6.45) is 2.43. The van der Waals surface area contributed by atoms with Gasteiger partial charge in [0.15, 0.2) is 0 Å². The van der Waals surface area contributed by atoms with Gasteiger partial charge in [0.05, 0.1) is 0 Å². The molecule has 0 bridgehead atoms. The number of rotatable bonds is 2. The van der Waals surface area contributed by atoms with Crippen molar-refractivity contribution in [1.29, 1.82) is 0 Å². The van der Waals surface area contributed by atoms with Crippen LogP contribution in [0.4, 0.5) is 0 Å². The molecule has 0 fully saturated rings. The quantitative estimate of drug-likeness (QED) is 0.742. The zero-order valence-corrected chi connectivity index (χ0v) is 7.50. The molecule has 1 aromatic carbocycles. The number of Topliss-reactive ketones (excluding diaryl/α,β-unsaturated/α-hetero) is 1. The Labute approximate surface area is 76.6 Å². The summed E-state index contributed by atoms with van der Waals surface area (Å²) in [4.78, 5) is 14.0. The third kappa shape index (κ3) is 1.61. The second kappa shape index (κ2) is 3.05. The highest BCUT2D eigenvalue weighted by Crippen LogP contribution is 2.14. The van der Waals surface area contributed by atoms with Gasteiger partial charge >= 0.3 is 0 Å². The summed E-state index contributed by atoms with van der Waals surface area (Å²) >= 11 is 0. The molecule has 0 saturated heterocycles. The van der Waals surface area contributed by atoms with Gasteiger partial charge in [0.2, 0.25) is 0 Å². The van der Waals surface area contributed by atoms with Crippen molar-refractivity contribution in [3.63, 3.8) is 0 Å². The third-order valence-electron chi connectivity index (χ3n) is 2.07. The van der Waals surface area contributed by atoms with E-state index in [1.54, 1.807) is 6.92 Å². The Bertz CT molecular complexity index is 442. The van der Waals surface area contributed by atoms with Crippen molar-refractivity contribution >= 4 is 16.7 Å². The highest BCUT2D eigenvalue weighted by Gasteiger charge is 1.99. The lowest BCUT2D eigenvalue weighted by Gasteiger charge is -1.97. The van der Waals surface area contributed by atoms with Crippen molar-refractivity contribution in [2.24, 2.45) is 0 Å². The number of carbonyl (C=O) groups excluding carboxylic acids is 1. The molecule has 0 aliphatic rings. The maximum absolute atomic E-state index is 10.9. The first-order valence-corrected chi connectivity index (χ1v) is 4.31. The van der Waals surface area contributed by atoms with E-state index in [9.17, 15) is 4.79 Å². The molecule has 2 heteroatoms. The highest BCUT2D eigenvalue weighted by atomic mass is 16.1. The molecule has 0 aliphatic carbocycles. The first-order chi connectivity index (χ1) is 6.25. The Kier molecular flexibility index (Phi) is 1.89. The summed E-state index contributed by atoms with van der Waals surface area (Å²) in [5.41, 5.74) is 2.20. The number of aromatic nitrogens is 1. The van der Waals surface area contributed by atoms with Gasteiger partial charge in [-0.1, -0.05) is 6.07 Å². The SMILES string of the molecule is CC(=O)Cc1ccc2[nH]ccc2c1. The monoisotopic (exact) mass is 173 g/mol. The van der Waals surface area contributed by atoms with E-state index < -0.39 is 0 Å². The minimum Gasteiger partial charge on any atom is -0.361 e. The molecule has 2 nitrogen and oxygen atoms in total. The van der Waals surface area contributed by atoms with Crippen LogP contribution >= 0.6 is 0 Å². The zero-order chi connectivity index (χ0) is 9.26. The normalized spacial score (nSPS) is 10.5. The average Bonchev–Trinajstić information content (AvgIpc) is 2.49. The highest BCUT2D eigenvalue weighted by molar-refractivity contribution is 5.83. The zero-order valence-electron chi connectivity index (χ0n) is 7.50. The molecule has 66 valence electrons. The smallest absolute Gasteiger partial charge is 0.134 e. The van der Waals surface area contributed by atoms with E-state index in [1.165, 1.54) is 5.39 Å². The molecule has 0 spiro atoms. The summed E-state index contributed by atoms with van der Waals surface area (Å²) < 4.78 is 0. The Balaban J connectivity index is 2.42. The van der Waals surface area contributed by atoms with Crippen LogP contribution in [0.25, 0.3) is 10.9 Å². The summed E-state index contributed by atoms with van der Waals surface area (Å²) in [6, 6.07) is 8.06. The van der Waals surface area contributed by atoms with Crippen molar-refractivity contribution in [3.8, 4) is 0 Å². The lowest BCUT2D eigenvalue weighted by molar-refractivity contribution is -0.116. The molecule has 1 heterocycles. The van der Waals surface area contributed by atoms with Crippen LogP contribution < -0.4 is 0 Å². The molecule has 1 N–H and O–H groups in total. The van der Waals surface area contributed by atoms with Crippen LogP contribution in [0.3, 0.4) is 0 Å². The number of fused-ring (bicyclic) bond motifs is 1. The lowest BCUT2D eigenvalue weighted by atomic mass is 10.1. The van der Waals surface area contributed by atoms with Crippen LogP contribution in [-0.2, 0) is 11.2 Å². The number of ketones is 1. The van der Waals surface area contributed by atoms with Crippen LogP contribution in [-0.4, -0.2) is 10.8 Å². The third-order valence-corrected chi connectivity index (χ3v) is 2.07. The molecule has 0 atom stereocenters. The molecular weight excluding hydrogens is 162 g/mol. The van der Waals surface area contributed by atoms with E-state index in [2.05, 4.69) is 4.98 Å². The number of carbonyl (C=O) groups is 1. The molecule has 0 radical (unpaired) electrons. The fourth-order valence-electron chi connectivity index (χ4n) is 1.50. The molecular formula is C11H11NO. The van der Waals surface area contributed by atoms with E-state index in [1.807, 2.05) is 30.5 Å². The number of aromatic amines is 1. The number of nitrogens with one attached hydrogen (secondary N) is 1. The van der Waals surface area contributed by atoms with Gasteiger partial charge in [-0.15, -0.1) is 0 Å². The maximum Gasteiger partial charge on any atom is 0.134 e. The van der Waals surface area contributed by atoms with Crippen molar-refractivity contribution in [1.82, 2.24) is 4.98 Å². The molecule has 0 unspecified atom stereocenters. The van der Waals surface area contributed by atoms with Crippen LogP contribution in [0.2, 0.25) is 0 Å². The predicted octanol–water partition coefficient (Wildman–Crippen LogP) is 2.30. The minimum absolute atomic E-state index is 0.204. The molecule has 2 aromatic rings. The standard InChI is InChI=1S/C11H11NO/c1-8(13)6-9-2-3-11-10(7-9)4-5-12-11/h2-5,7,12H,6H2,1H3. The fourth-order valence-corrected chi connectivity index (χ4v) is 1.50. The van der Waals surface area contributed by atoms with Gasteiger partial charge in [0.25, 0.3) is 0 Å². The Morgan fingerprint density at radius 2 is 2.23 bits per heavy atom. The maximum atomic E-state index is 10.9. The van der Waals surface area contributed by atoms with E-state index in [0.717, 1.165) is 11.1 Å². The van der Waals surface area contributed by atoms with Crippen LogP contribution in [0, 0.1) is 0 Å². The van der Waals surface area contributed by atoms with Gasteiger partial charge in [-0.25, -0.2) is 0 Å². The molecule has 0 aliphatic heterocycles. The fraction of sp³-hybridized carbons (Fsp3) is 0.182. The van der Waals surface area contributed by atoms with Gasteiger partial charge in [-0.05, 0) is 36.1 Å². The van der Waals surface area contributed by atoms with Crippen LogP contribution in [0.5, 0.6) is 0 Å². The lowest BCUT2D eigenvalue weighted by Crippen LogP contribution is -1.95. The van der Waals surface area contributed by atoms with E-state index in [-0.39, 0.29) is 5.78 Å². The summed E-state index contributed by atoms with van der Waals surface area (Å²) in [6.45, 7) is 1.61. The molecule has 2 rings (SSSR count). The van der Waals surface area contributed by atoms with Crippen molar-refractivity contribution in [2.45, 2.75) is 13.3 Å². The second-order valence-corrected chi connectivity index (χ2v) is 3.28. The summed E-state index contributed by atoms with van der Waals surface area (Å²) in [5, 5.41) is 1.17. The minimum atomic E-state index is 0.204. The van der Waals surface area contributed by atoms with Crippen LogP contribution in [0.1, 0.15) is 12.5 Å². The van der Waals surface area contributed by atoms with E-state index in [0.29, 0.717) is 6.42 Å². The molecule has 1 aromatic heterocycles. The van der Waals surface area contributed by atoms with Gasteiger partial charge < -0.3 is 4.98 Å². The largest absolute Gasteiger partial charge is 0.361 e. The second-order valence-electron chi connectivity index (χ2n) is 3.28. The van der Waals surface area contributed by atoms with E-state index in [4.69, 9.17) is 0 Å². The van der Waals surface area contributed by atoms with Crippen molar-refractivity contribution in [3.05, 3.63) is 36.0 Å². The average molecular weight is 173 g/mol. The predicted molar refractivity (Wildman–Crippen MR) is 52.7 cm³/mol. The van der Waals surface area contributed by atoms with E-state index >= 15 is 0 Å². The van der Waals surface area contributed by atoms with Crippen molar-refractivity contribution in [2.75, 3.05) is 0 Å². The van der Waals surface area contributed by atoms with Gasteiger partial charge in [-0.2, -0.15) is 0 Å². The molecule has 0 saturated carbocycles. The molecule has 0 amide bonds. The number of H-pyrrole nitrogens is 1. The summed E-state index contributed by atoms with van der Waals surface area (Å²) in [5.74, 6) is 0.204. The topological polar surface area (TPSA) is 32.9 Å². The van der Waals surface area contributed by atoms with Gasteiger partial charge in [0, 0.05) is 18.1 Å². The number of benzene rings is 1. The number of hydrogen-bond donors (Lipinski definition) is 1. The van der Waals surface area contributed by atoms with Gasteiger partial charge in [0.1, 0.15) is 5.78 Å². The molecule has 13 heavy (non-hydrogen) atoms. The summed E-state index contributed by atoms with van der Waals surface area (Å²) in [7, 11) is 0. The Morgan fingerprint density at radius 3 is 3.00 bits per heavy atom. The Hall–Kier alpha value is -1.57. The first-order valence-electron chi connectivity index (χ1n) is 4.31. The van der Waals surface area contributed by atoms with Gasteiger partial charge in [-0.3, -0.25) is 4.79 Å². The number of hydrogen-bond acceptors (Lipinski definition) is 1. The van der Waals surface area contributed by atoms with Crippen LogP contribution in [0.15, 0.2) is 30.5 Å². The Morgan fingerprint density at radius 1 is 1.38 bits per heavy atom. The first kappa shape index (κ1) is 8.05. The van der Waals surface area contributed by atoms with Crippen molar-refractivity contribution < 1.29 is 4.79 Å².